The van der Waals surface area contributed by atoms with Crippen molar-refractivity contribution in [2.75, 3.05) is 6.61 Å². The predicted molar refractivity (Wildman–Crippen MR) is 46.2 cm³/mol. The molecule has 1 aliphatic rings. The molecule has 0 spiro atoms. The highest BCUT2D eigenvalue weighted by Gasteiger charge is 2.31. The van der Waals surface area contributed by atoms with Gasteiger partial charge in [-0.25, -0.2) is 4.79 Å². The van der Waals surface area contributed by atoms with Crippen LogP contribution in [0.1, 0.15) is 26.7 Å². The van der Waals surface area contributed by atoms with E-state index in [-0.39, 0.29) is 18.2 Å². The van der Waals surface area contributed by atoms with E-state index in [1.165, 1.54) is 0 Å². The summed E-state index contributed by atoms with van der Waals surface area (Å²) >= 11 is 0. The molecule has 0 aromatic heterocycles. The van der Waals surface area contributed by atoms with Crippen molar-refractivity contribution in [3.63, 3.8) is 0 Å². The Hall–Kier alpha value is -0.610. The van der Waals surface area contributed by atoms with Crippen molar-refractivity contribution in [3.8, 4) is 0 Å². The fraction of sp³-hybridized carbons (Fsp3) is 0.889. The van der Waals surface area contributed by atoms with Crippen LogP contribution in [0.25, 0.3) is 0 Å². The van der Waals surface area contributed by atoms with Crippen LogP contribution < -0.4 is 0 Å². The number of rotatable bonds is 4. The van der Waals surface area contributed by atoms with Crippen molar-refractivity contribution in [3.05, 3.63) is 0 Å². The van der Waals surface area contributed by atoms with Gasteiger partial charge in [0.1, 0.15) is 0 Å². The van der Waals surface area contributed by atoms with Crippen LogP contribution in [0.2, 0.25) is 0 Å². The fourth-order valence-corrected chi connectivity index (χ4v) is 1.25. The molecule has 4 heteroatoms. The highest BCUT2D eigenvalue weighted by atomic mass is 16.6. The summed E-state index contributed by atoms with van der Waals surface area (Å²) < 4.78 is 10.1. The van der Waals surface area contributed by atoms with Gasteiger partial charge in [0.2, 0.25) is 0 Å². The first-order chi connectivity index (χ1) is 6.13. The second-order valence-electron chi connectivity index (χ2n) is 3.28. The molecule has 13 heavy (non-hydrogen) atoms. The molecule has 4 nitrogen and oxygen atoms in total. The van der Waals surface area contributed by atoms with Crippen LogP contribution in [0.3, 0.4) is 0 Å². The molecular weight excluding hydrogens is 172 g/mol. The molecule has 1 unspecified atom stereocenters. The fourth-order valence-electron chi connectivity index (χ4n) is 1.25. The van der Waals surface area contributed by atoms with Gasteiger partial charge in [-0.1, -0.05) is 0 Å². The van der Waals surface area contributed by atoms with Gasteiger partial charge in [-0.2, -0.15) is 0 Å². The van der Waals surface area contributed by atoms with Crippen molar-refractivity contribution < 1.29 is 19.4 Å². The molecule has 0 heterocycles. The summed E-state index contributed by atoms with van der Waals surface area (Å²) in [5.74, 6) is -0.330. The Morgan fingerprint density at radius 2 is 2.23 bits per heavy atom. The summed E-state index contributed by atoms with van der Waals surface area (Å²) in [6.07, 6.45) is 0.513. The predicted octanol–water partition coefficient (Wildman–Crippen LogP) is 0.478. The van der Waals surface area contributed by atoms with E-state index in [0.717, 1.165) is 0 Å². The Balaban J connectivity index is 2.17. The van der Waals surface area contributed by atoms with E-state index in [0.29, 0.717) is 19.4 Å². The molecule has 76 valence electrons. The quantitative estimate of drug-likeness (QED) is 0.652. The zero-order valence-corrected chi connectivity index (χ0v) is 8.03. The van der Waals surface area contributed by atoms with Crippen LogP contribution in [0.15, 0.2) is 0 Å². The van der Waals surface area contributed by atoms with Crippen molar-refractivity contribution in [2.45, 2.75) is 45.0 Å². The van der Waals surface area contributed by atoms with E-state index in [1.54, 1.807) is 13.8 Å². The smallest absolute Gasteiger partial charge is 0.334 e. The third kappa shape index (κ3) is 2.97. The van der Waals surface area contributed by atoms with Crippen LogP contribution in [0, 0.1) is 0 Å². The molecule has 0 radical (unpaired) electrons. The van der Waals surface area contributed by atoms with Crippen LogP contribution in [-0.2, 0) is 14.3 Å². The number of ether oxygens (including phenoxy) is 2. The molecule has 0 bridgehead atoms. The molecule has 1 N–H and O–H groups in total. The summed E-state index contributed by atoms with van der Waals surface area (Å²) in [5, 5.41) is 8.98. The molecule has 0 aromatic rings. The van der Waals surface area contributed by atoms with Gasteiger partial charge in [-0.15, -0.1) is 0 Å². The normalized spacial score (nSPS) is 29.2. The molecule has 1 atom stereocenters. The molecule has 1 saturated carbocycles. The summed E-state index contributed by atoms with van der Waals surface area (Å²) in [4.78, 5) is 11.1. The minimum Gasteiger partial charge on any atom is -0.464 e. The first-order valence-corrected chi connectivity index (χ1v) is 4.63. The lowest BCUT2D eigenvalue weighted by molar-refractivity contribution is -0.167. The average molecular weight is 188 g/mol. The third-order valence-corrected chi connectivity index (χ3v) is 2.09. The summed E-state index contributed by atoms with van der Waals surface area (Å²) in [5.41, 5.74) is 0. The Morgan fingerprint density at radius 1 is 1.62 bits per heavy atom. The van der Waals surface area contributed by atoms with E-state index in [2.05, 4.69) is 0 Å². The number of carbonyl (C=O) groups is 1. The SMILES string of the molecule is CCOC(=O)C(C)O[C@H]1C[C@H](O)C1. The first-order valence-electron chi connectivity index (χ1n) is 4.63. The van der Waals surface area contributed by atoms with Gasteiger partial charge in [-0.3, -0.25) is 0 Å². The third-order valence-electron chi connectivity index (χ3n) is 2.09. The first kappa shape index (κ1) is 10.5. The van der Waals surface area contributed by atoms with Crippen LogP contribution >= 0.6 is 0 Å². The zero-order chi connectivity index (χ0) is 9.84. The van der Waals surface area contributed by atoms with Gasteiger partial charge in [0.05, 0.1) is 18.8 Å². The van der Waals surface area contributed by atoms with E-state index >= 15 is 0 Å². The summed E-state index contributed by atoms with van der Waals surface area (Å²) in [6.45, 7) is 3.81. The minimum absolute atomic E-state index is 0.0226. The van der Waals surface area contributed by atoms with Crippen molar-refractivity contribution in [2.24, 2.45) is 0 Å². The topological polar surface area (TPSA) is 55.8 Å². The lowest BCUT2D eigenvalue weighted by Gasteiger charge is -2.32. The number of aliphatic hydroxyl groups excluding tert-OH is 1. The lowest BCUT2D eigenvalue weighted by Crippen LogP contribution is -2.39. The van der Waals surface area contributed by atoms with Gasteiger partial charge in [0, 0.05) is 0 Å². The highest BCUT2D eigenvalue weighted by molar-refractivity contribution is 5.74. The molecule has 1 fully saturated rings. The second kappa shape index (κ2) is 4.58. The highest BCUT2D eigenvalue weighted by Crippen LogP contribution is 2.24. The number of carbonyl (C=O) groups excluding carboxylic acids is 1. The maximum Gasteiger partial charge on any atom is 0.334 e. The molecule has 0 aromatic carbocycles. The van der Waals surface area contributed by atoms with Gasteiger partial charge >= 0.3 is 5.97 Å². The van der Waals surface area contributed by atoms with Crippen LogP contribution in [0.5, 0.6) is 0 Å². The number of hydrogen-bond donors (Lipinski definition) is 1. The number of esters is 1. The van der Waals surface area contributed by atoms with Gasteiger partial charge in [0.25, 0.3) is 0 Å². The summed E-state index contributed by atoms with van der Waals surface area (Å²) in [7, 11) is 0. The van der Waals surface area contributed by atoms with Crippen molar-refractivity contribution in [1.29, 1.82) is 0 Å². The molecule has 1 rings (SSSR count). The number of hydrogen-bond acceptors (Lipinski definition) is 4. The Labute approximate surface area is 77.8 Å². The number of aliphatic hydroxyl groups is 1. The van der Waals surface area contributed by atoms with Gasteiger partial charge < -0.3 is 14.6 Å². The molecule has 1 aliphatic carbocycles. The average Bonchev–Trinajstić information content (AvgIpc) is 2.02. The van der Waals surface area contributed by atoms with Crippen LogP contribution in [0.4, 0.5) is 0 Å². The van der Waals surface area contributed by atoms with Gasteiger partial charge in [-0.05, 0) is 26.7 Å². The Kier molecular flexibility index (Phi) is 3.69. The Bertz CT molecular complexity index is 174. The largest absolute Gasteiger partial charge is 0.464 e. The van der Waals surface area contributed by atoms with Crippen molar-refractivity contribution in [1.82, 2.24) is 0 Å². The lowest BCUT2D eigenvalue weighted by atomic mass is 9.92. The minimum atomic E-state index is -0.516. The van der Waals surface area contributed by atoms with E-state index < -0.39 is 6.10 Å². The van der Waals surface area contributed by atoms with E-state index in [9.17, 15) is 4.79 Å². The maximum atomic E-state index is 11.1. The van der Waals surface area contributed by atoms with Crippen molar-refractivity contribution >= 4 is 5.97 Å². The van der Waals surface area contributed by atoms with Crippen LogP contribution in [-0.4, -0.2) is 36.0 Å². The molecular formula is C9H16O4. The standard InChI is InChI=1S/C9H16O4/c1-3-12-9(11)6(2)13-8-4-7(10)5-8/h6-8,10H,3-5H2,1-2H3/t6?,7-,8-. The van der Waals surface area contributed by atoms with E-state index in [4.69, 9.17) is 14.6 Å². The molecule has 0 aliphatic heterocycles. The molecule has 0 amide bonds. The second-order valence-corrected chi connectivity index (χ2v) is 3.28. The monoisotopic (exact) mass is 188 g/mol. The maximum absolute atomic E-state index is 11.1. The Morgan fingerprint density at radius 3 is 2.69 bits per heavy atom. The molecule has 0 saturated heterocycles. The van der Waals surface area contributed by atoms with Gasteiger partial charge in [0.15, 0.2) is 6.10 Å². The van der Waals surface area contributed by atoms with E-state index in [1.807, 2.05) is 0 Å². The zero-order valence-electron chi connectivity index (χ0n) is 8.03. The summed E-state index contributed by atoms with van der Waals surface area (Å²) in [6, 6.07) is 0.